The Hall–Kier alpha value is -4.21. The van der Waals surface area contributed by atoms with E-state index < -0.39 is 41.8 Å². The van der Waals surface area contributed by atoms with Crippen LogP contribution in [0.15, 0.2) is 54.6 Å². The van der Waals surface area contributed by atoms with E-state index in [1.54, 1.807) is 12.1 Å². The van der Waals surface area contributed by atoms with Gasteiger partial charge in [0.05, 0.1) is 6.04 Å². The average molecular weight is 554 g/mol. The summed E-state index contributed by atoms with van der Waals surface area (Å²) in [6.07, 6.45) is -0.0388. The van der Waals surface area contributed by atoms with Crippen molar-refractivity contribution in [3.8, 4) is 5.75 Å². The predicted octanol–water partition coefficient (Wildman–Crippen LogP) is 3.06. The standard InChI is InChI=1S/C30H39N3O7/c1-19(2)14-25(28(37)31-24(27(36)17-34)16-21-10-12-23(35)13-11-21)32-29(38)26(15-20(3)4)33-30(39)40-18-22-8-6-5-7-9-22/h5-13,17,19-20,24-26,35H,14-16,18H2,1-4H3,(H,31,37)(H,32,38)(H,33,39)/t24-,25-,26+/m0/s1. The Kier molecular flexibility index (Phi) is 12.8. The highest BCUT2D eigenvalue weighted by molar-refractivity contribution is 6.28. The summed E-state index contributed by atoms with van der Waals surface area (Å²) >= 11 is 0. The second-order valence-corrected chi connectivity index (χ2v) is 10.5. The van der Waals surface area contributed by atoms with Gasteiger partial charge in [0.25, 0.3) is 0 Å². The van der Waals surface area contributed by atoms with Gasteiger partial charge in [0.1, 0.15) is 24.4 Å². The zero-order valence-electron chi connectivity index (χ0n) is 23.4. The first kappa shape index (κ1) is 32.0. The van der Waals surface area contributed by atoms with E-state index in [0.717, 1.165) is 5.56 Å². The Balaban J connectivity index is 2.12. The van der Waals surface area contributed by atoms with Crippen LogP contribution in [0.1, 0.15) is 51.7 Å². The summed E-state index contributed by atoms with van der Waals surface area (Å²) in [6.45, 7) is 7.58. The SMILES string of the molecule is CC(C)C[C@H](NC(=O)[C@@H](CC(C)C)NC(=O)OCc1ccccc1)C(=O)N[C@@H](Cc1ccc(O)cc1)C(=O)C=O. The highest BCUT2D eigenvalue weighted by Gasteiger charge is 2.30. The van der Waals surface area contributed by atoms with Gasteiger partial charge in [-0.05, 0) is 47.9 Å². The number of Topliss-reactive ketones (excluding diaryl/α,β-unsaturated/α-hetero) is 1. The minimum Gasteiger partial charge on any atom is -0.508 e. The highest BCUT2D eigenvalue weighted by Crippen LogP contribution is 2.13. The zero-order valence-corrected chi connectivity index (χ0v) is 23.4. The molecule has 216 valence electrons. The number of amides is 3. The van der Waals surface area contributed by atoms with Crippen LogP contribution in [0.25, 0.3) is 0 Å². The third-order valence-corrected chi connectivity index (χ3v) is 6.02. The van der Waals surface area contributed by atoms with E-state index in [0.29, 0.717) is 12.0 Å². The number of phenolic OH excluding ortho intramolecular Hbond substituents is 1. The van der Waals surface area contributed by atoms with E-state index in [1.807, 2.05) is 58.0 Å². The van der Waals surface area contributed by atoms with Crippen molar-refractivity contribution in [3.05, 3.63) is 65.7 Å². The molecule has 4 N–H and O–H groups in total. The summed E-state index contributed by atoms with van der Waals surface area (Å²) in [6, 6.07) is 12.0. The molecule has 0 saturated heterocycles. The molecule has 2 rings (SSSR count). The number of hydrogen-bond donors (Lipinski definition) is 4. The maximum absolute atomic E-state index is 13.3. The lowest BCUT2D eigenvalue weighted by Gasteiger charge is -2.26. The van der Waals surface area contributed by atoms with Gasteiger partial charge < -0.3 is 25.8 Å². The molecule has 0 saturated carbocycles. The molecule has 0 aliphatic rings. The lowest BCUT2D eigenvalue weighted by atomic mass is 9.98. The normalized spacial score (nSPS) is 13.2. The smallest absolute Gasteiger partial charge is 0.408 e. The Morgan fingerprint density at radius 2 is 1.27 bits per heavy atom. The van der Waals surface area contributed by atoms with Gasteiger partial charge >= 0.3 is 6.09 Å². The number of aromatic hydroxyl groups is 1. The molecule has 2 aromatic carbocycles. The van der Waals surface area contributed by atoms with Gasteiger partial charge in [-0.15, -0.1) is 0 Å². The topological polar surface area (TPSA) is 151 Å². The largest absolute Gasteiger partial charge is 0.508 e. The number of nitrogens with one attached hydrogen (secondary N) is 3. The number of ketones is 1. The molecule has 10 heteroatoms. The fraction of sp³-hybridized carbons (Fsp3) is 0.433. The second kappa shape index (κ2) is 16.0. The van der Waals surface area contributed by atoms with Gasteiger partial charge in [-0.3, -0.25) is 19.2 Å². The van der Waals surface area contributed by atoms with Crippen LogP contribution in [0.4, 0.5) is 4.79 Å². The molecule has 0 aliphatic carbocycles. The summed E-state index contributed by atoms with van der Waals surface area (Å²) in [5.74, 6) is -1.93. The summed E-state index contributed by atoms with van der Waals surface area (Å²) in [7, 11) is 0. The molecule has 10 nitrogen and oxygen atoms in total. The molecule has 3 atom stereocenters. The number of alkyl carbamates (subject to hydrolysis) is 1. The van der Waals surface area contributed by atoms with Crippen molar-refractivity contribution in [2.75, 3.05) is 0 Å². The van der Waals surface area contributed by atoms with Gasteiger partial charge in [-0.2, -0.15) is 0 Å². The number of phenols is 1. The van der Waals surface area contributed by atoms with Crippen molar-refractivity contribution < 1.29 is 33.8 Å². The molecule has 0 unspecified atom stereocenters. The Morgan fingerprint density at radius 3 is 1.80 bits per heavy atom. The third-order valence-electron chi connectivity index (χ3n) is 6.02. The summed E-state index contributed by atoms with van der Waals surface area (Å²) in [4.78, 5) is 62.6. The predicted molar refractivity (Wildman–Crippen MR) is 149 cm³/mol. The van der Waals surface area contributed by atoms with Gasteiger partial charge in [0.2, 0.25) is 17.6 Å². The molecule has 40 heavy (non-hydrogen) atoms. The van der Waals surface area contributed by atoms with E-state index in [9.17, 15) is 29.1 Å². The van der Waals surface area contributed by atoms with E-state index in [2.05, 4.69) is 16.0 Å². The number of benzene rings is 2. The number of aldehydes is 1. The van der Waals surface area contributed by atoms with Gasteiger partial charge in [-0.25, -0.2) is 4.79 Å². The van der Waals surface area contributed by atoms with E-state index in [4.69, 9.17) is 4.74 Å². The minimum atomic E-state index is -1.15. The molecule has 0 aliphatic heterocycles. The van der Waals surface area contributed by atoms with E-state index in [1.165, 1.54) is 12.1 Å². The van der Waals surface area contributed by atoms with Crippen LogP contribution < -0.4 is 16.0 Å². The number of carbonyl (C=O) groups excluding carboxylic acids is 5. The average Bonchev–Trinajstić information content (AvgIpc) is 2.91. The second-order valence-electron chi connectivity index (χ2n) is 10.5. The highest BCUT2D eigenvalue weighted by atomic mass is 16.5. The first-order valence-corrected chi connectivity index (χ1v) is 13.3. The first-order valence-electron chi connectivity index (χ1n) is 13.3. The van der Waals surface area contributed by atoms with Crippen molar-refractivity contribution in [2.45, 2.75) is 71.7 Å². The molecule has 0 aromatic heterocycles. The summed E-state index contributed by atoms with van der Waals surface area (Å²) in [5, 5.41) is 17.4. The van der Waals surface area contributed by atoms with Gasteiger partial charge in [0, 0.05) is 6.42 Å². The first-order chi connectivity index (χ1) is 19.0. The van der Waals surface area contributed by atoms with Gasteiger partial charge in [0.15, 0.2) is 6.29 Å². The lowest BCUT2D eigenvalue weighted by Crippen LogP contribution is -2.56. The zero-order chi connectivity index (χ0) is 29.7. The lowest BCUT2D eigenvalue weighted by molar-refractivity contribution is -0.135. The van der Waals surface area contributed by atoms with Crippen molar-refractivity contribution in [1.82, 2.24) is 16.0 Å². The number of carbonyl (C=O) groups is 5. The van der Waals surface area contributed by atoms with Crippen LogP contribution in [0.3, 0.4) is 0 Å². The van der Waals surface area contributed by atoms with Crippen LogP contribution in [-0.4, -0.2) is 53.2 Å². The van der Waals surface area contributed by atoms with Crippen molar-refractivity contribution in [1.29, 1.82) is 0 Å². The minimum absolute atomic E-state index is 0.000664. The Bertz CT molecular complexity index is 1130. The molecule has 0 bridgehead atoms. The van der Waals surface area contributed by atoms with Crippen LogP contribution in [0.2, 0.25) is 0 Å². The van der Waals surface area contributed by atoms with E-state index in [-0.39, 0.29) is 43.3 Å². The Labute approximate surface area is 234 Å². The third kappa shape index (κ3) is 11.3. The molecule has 2 aromatic rings. The summed E-state index contributed by atoms with van der Waals surface area (Å²) in [5.41, 5.74) is 1.42. The van der Waals surface area contributed by atoms with Gasteiger partial charge in [-0.1, -0.05) is 70.2 Å². The molecular weight excluding hydrogens is 514 g/mol. The number of hydrogen-bond acceptors (Lipinski definition) is 7. The maximum atomic E-state index is 13.3. The molecule has 0 radical (unpaired) electrons. The van der Waals surface area contributed by atoms with Crippen molar-refractivity contribution in [3.63, 3.8) is 0 Å². The van der Waals surface area contributed by atoms with Crippen LogP contribution in [0, 0.1) is 11.8 Å². The Morgan fingerprint density at radius 1 is 0.750 bits per heavy atom. The molecule has 0 fully saturated rings. The van der Waals surface area contributed by atoms with E-state index >= 15 is 0 Å². The van der Waals surface area contributed by atoms with Crippen LogP contribution >= 0.6 is 0 Å². The van der Waals surface area contributed by atoms with Crippen molar-refractivity contribution >= 4 is 30.0 Å². The summed E-state index contributed by atoms with van der Waals surface area (Å²) < 4.78 is 5.27. The molecule has 0 spiro atoms. The molecular formula is C30H39N3O7. The van der Waals surface area contributed by atoms with Crippen LogP contribution in [0.5, 0.6) is 5.75 Å². The quantitative estimate of drug-likeness (QED) is 0.195. The number of rotatable bonds is 15. The van der Waals surface area contributed by atoms with Crippen LogP contribution in [-0.2, 0) is 36.9 Å². The maximum Gasteiger partial charge on any atom is 0.408 e. The number of ether oxygens (including phenoxy) is 1. The fourth-order valence-corrected chi connectivity index (χ4v) is 4.03. The molecule has 3 amide bonds. The fourth-order valence-electron chi connectivity index (χ4n) is 4.03. The monoisotopic (exact) mass is 553 g/mol. The van der Waals surface area contributed by atoms with Crippen molar-refractivity contribution in [2.24, 2.45) is 11.8 Å². The molecule has 0 heterocycles.